The van der Waals surface area contributed by atoms with Crippen LogP contribution in [0.25, 0.3) is 0 Å². The van der Waals surface area contributed by atoms with Crippen molar-refractivity contribution in [3.8, 4) is 0 Å². The predicted octanol–water partition coefficient (Wildman–Crippen LogP) is 3.71. The Bertz CT molecular complexity index is 1060. The molecule has 6 N–H and O–H groups in total. The second kappa shape index (κ2) is 22.7. The molecule has 1 aliphatic heterocycles. The Balaban J connectivity index is 2.64. The minimum absolute atomic E-state index is 0.0384. The standard InChI is InChI=1S/C35H53NO9/c1-26(33(41)27(2)28(3)38)17-15-13-11-9-7-5-6-8-10-12-14-16-18-31(45-34-32(40)23-30(39)24-44-34)20-19-29(36-25-37)21-22-35(4,42)43/h5-18,26-34,38-43H,19-24H2,1-4H3/b6-5+,9-7+,10-8+,13-11+,14-12+,17-15+,18-16+/t26-,27-,28-,29-,30-,31-,32-,33+,34-/m0/s1. The Morgan fingerprint density at radius 2 is 1.40 bits per heavy atom. The lowest BCUT2D eigenvalue weighted by atomic mass is 9.90. The van der Waals surface area contributed by atoms with Gasteiger partial charge in [0.05, 0.1) is 37.1 Å². The highest BCUT2D eigenvalue weighted by Crippen LogP contribution is 2.22. The van der Waals surface area contributed by atoms with Gasteiger partial charge in [-0.15, -0.1) is 0 Å². The van der Waals surface area contributed by atoms with Gasteiger partial charge in [0.25, 0.3) is 0 Å². The third-order valence-corrected chi connectivity index (χ3v) is 7.36. The van der Waals surface area contributed by atoms with E-state index in [4.69, 9.17) is 9.47 Å². The van der Waals surface area contributed by atoms with Gasteiger partial charge >= 0.3 is 0 Å². The molecule has 9 atom stereocenters. The van der Waals surface area contributed by atoms with Crippen molar-refractivity contribution in [1.82, 2.24) is 0 Å². The molecule has 1 saturated heterocycles. The molecule has 0 aromatic carbocycles. The molecule has 0 aliphatic carbocycles. The first-order chi connectivity index (χ1) is 21.3. The number of aliphatic hydroxyl groups is 6. The molecule has 45 heavy (non-hydrogen) atoms. The van der Waals surface area contributed by atoms with Crippen LogP contribution < -0.4 is 0 Å². The minimum atomic E-state index is -1.86. The number of hydrogen-bond acceptors (Lipinski definition) is 10. The van der Waals surface area contributed by atoms with Crippen molar-refractivity contribution < 1.29 is 44.9 Å². The van der Waals surface area contributed by atoms with Gasteiger partial charge in [-0.1, -0.05) is 98.9 Å². The van der Waals surface area contributed by atoms with Crippen LogP contribution in [0.3, 0.4) is 0 Å². The molecule has 10 nitrogen and oxygen atoms in total. The lowest BCUT2D eigenvalue weighted by molar-refractivity contribution is -0.246. The van der Waals surface area contributed by atoms with Crippen molar-refractivity contribution in [3.05, 3.63) is 85.1 Å². The lowest BCUT2D eigenvalue weighted by Crippen LogP contribution is -2.44. The Labute approximate surface area is 267 Å². The molecule has 0 bridgehead atoms. The fraction of sp³-hybridized carbons (Fsp3) is 0.571. The number of ether oxygens (including phenoxy) is 2. The summed E-state index contributed by atoms with van der Waals surface area (Å²) in [6.07, 6.45) is 24.5. The van der Waals surface area contributed by atoms with Crippen LogP contribution in [-0.4, -0.2) is 92.0 Å². The van der Waals surface area contributed by atoms with Gasteiger partial charge in [-0.05, 0) is 33.1 Å². The van der Waals surface area contributed by atoms with Crippen molar-refractivity contribution in [2.24, 2.45) is 16.8 Å². The van der Waals surface area contributed by atoms with Crippen LogP contribution in [0.5, 0.6) is 0 Å². The summed E-state index contributed by atoms with van der Waals surface area (Å²) in [4.78, 5) is 14.7. The zero-order valence-electron chi connectivity index (χ0n) is 26.9. The molecule has 0 radical (unpaired) electrons. The number of aliphatic imine (C=N–C) groups is 1. The number of allylic oxidation sites excluding steroid dienone is 12. The summed E-state index contributed by atoms with van der Waals surface area (Å²) < 4.78 is 11.4. The van der Waals surface area contributed by atoms with Gasteiger partial charge in [-0.3, -0.25) is 0 Å². The summed E-state index contributed by atoms with van der Waals surface area (Å²) in [5, 5.41) is 59.0. The van der Waals surface area contributed by atoms with Gasteiger partial charge in [0, 0.05) is 24.7 Å². The third-order valence-electron chi connectivity index (χ3n) is 7.36. The molecule has 1 heterocycles. The molecule has 1 rings (SSSR count). The first kappa shape index (κ1) is 40.3. The van der Waals surface area contributed by atoms with Crippen molar-refractivity contribution in [3.63, 3.8) is 0 Å². The third kappa shape index (κ3) is 19.4. The maximum atomic E-state index is 10.9. The van der Waals surface area contributed by atoms with Crippen LogP contribution in [0.1, 0.15) is 59.8 Å². The number of rotatable bonds is 20. The smallest absolute Gasteiger partial charge is 0.235 e. The molecule has 0 spiro atoms. The number of aliphatic hydroxyl groups excluding tert-OH is 4. The molecule has 0 aromatic heterocycles. The first-order valence-electron chi connectivity index (χ1n) is 15.5. The van der Waals surface area contributed by atoms with E-state index >= 15 is 0 Å². The molecule has 1 fully saturated rings. The fourth-order valence-electron chi connectivity index (χ4n) is 4.38. The van der Waals surface area contributed by atoms with E-state index in [1.54, 1.807) is 25.2 Å². The molecule has 0 saturated carbocycles. The van der Waals surface area contributed by atoms with Gasteiger partial charge < -0.3 is 40.1 Å². The van der Waals surface area contributed by atoms with E-state index < -0.39 is 48.6 Å². The molecular formula is C35H53NO9. The second-order valence-corrected chi connectivity index (χ2v) is 11.7. The summed E-state index contributed by atoms with van der Waals surface area (Å²) in [6, 6.07) is -0.473. The largest absolute Gasteiger partial charge is 0.393 e. The fourth-order valence-corrected chi connectivity index (χ4v) is 4.38. The zero-order valence-corrected chi connectivity index (χ0v) is 26.9. The SMILES string of the molecule is C[C@H]([C@H](O)[C@@H](C)/C=C/C=C/C=C/C=C/C=C/C=C/C=C/[C@@H](CC[C@@H](CCC(C)(O)O)N=C=O)O[C@@H]1OC[C@@H](O)C[C@@H]1O)[C@H](C)O. The van der Waals surface area contributed by atoms with Gasteiger partial charge in [0.2, 0.25) is 6.08 Å². The number of carbonyl (C=O) groups excluding carboxylic acids is 1. The summed E-state index contributed by atoms with van der Waals surface area (Å²) >= 11 is 0. The highest BCUT2D eigenvalue weighted by Gasteiger charge is 2.31. The Morgan fingerprint density at radius 1 is 0.867 bits per heavy atom. The lowest BCUT2D eigenvalue weighted by Gasteiger charge is -2.33. The highest BCUT2D eigenvalue weighted by molar-refractivity contribution is 5.33. The monoisotopic (exact) mass is 631 g/mol. The summed E-state index contributed by atoms with van der Waals surface area (Å²) in [5.74, 6) is -2.13. The van der Waals surface area contributed by atoms with Crippen LogP contribution in [-0.2, 0) is 14.3 Å². The van der Waals surface area contributed by atoms with Crippen molar-refractivity contribution in [2.75, 3.05) is 6.61 Å². The van der Waals surface area contributed by atoms with Crippen LogP contribution in [0.4, 0.5) is 0 Å². The first-order valence-corrected chi connectivity index (χ1v) is 15.5. The maximum absolute atomic E-state index is 10.9. The summed E-state index contributed by atoms with van der Waals surface area (Å²) in [6.45, 7) is 6.74. The molecular weight excluding hydrogens is 578 g/mol. The molecule has 1 aliphatic rings. The Hall–Kier alpha value is -2.76. The zero-order chi connectivity index (χ0) is 33.7. The quantitative estimate of drug-likeness (QED) is 0.0508. The highest BCUT2D eigenvalue weighted by atomic mass is 16.7. The summed E-state index contributed by atoms with van der Waals surface area (Å²) in [5.41, 5.74) is 0. The molecule has 0 aromatic rings. The van der Waals surface area contributed by atoms with Gasteiger partial charge in [0.1, 0.15) is 6.10 Å². The van der Waals surface area contributed by atoms with Gasteiger partial charge in [-0.25, -0.2) is 9.79 Å². The average Bonchev–Trinajstić information content (AvgIpc) is 2.98. The number of isocyanates is 1. The van der Waals surface area contributed by atoms with E-state index in [1.165, 1.54) is 6.92 Å². The van der Waals surface area contributed by atoms with Crippen molar-refractivity contribution in [2.45, 2.75) is 108 Å². The van der Waals surface area contributed by atoms with Crippen LogP contribution >= 0.6 is 0 Å². The van der Waals surface area contributed by atoms with E-state index in [1.807, 2.05) is 86.8 Å². The van der Waals surface area contributed by atoms with Crippen molar-refractivity contribution in [1.29, 1.82) is 0 Å². The summed E-state index contributed by atoms with van der Waals surface area (Å²) in [7, 11) is 0. The van der Waals surface area contributed by atoms with Crippen LogP contribution in [0.2, 0.25) is 0 Å². The second-order valence-electron chi connectivity index (χ2n) is 11.7. The maximum Gasteiger partial charge on any atom is 0.235 e. The van der Waals surface area contributed by atoms with E-state index in [2.05, 4.69) is 4.99 Å². The predicted molar refractivity (Wildman–Crippen MR) is 174 cm³/mol. The minimum Gasteiger partial charge on any atom is -0.393 e. The Kier molecular flexibility index (Phi) is 20.3. The molecule has 0 amide bonds. The Morgan fingerprint density at radius 3 is 1.89 bits per heavy atom. The van der Waals surface area contributed by atoms with Gasteiger partial charge in [0.15, 0.2) is 12.1 Å². The molecule has 252 valence electrons. The number of nitrogens with zero attached hydrogens (tertiary/aromatic N) is 1. The van der Waals surface area contributed by atoms with Crippen LogP contribution in [0.15, 0.2) is 90.1 Å². The van der Waals surface area contributed by atoms with Crippen LogP contribution in [0, 0.1) is 11.8 Å². The van der Waals surface area contributed by atoms with Crippen molar-refractivity contribution >= 4 is 6.08 Å². The van der Waals surface area contributed by atoms with E-state index in [0.717, 1.165) is 0 Å². The normalized spacial score (nSPS) is 24.4. The van der Waals surface area contributed by atoms with Gasteiger partial charge in [-0.2, -0.15) is 0 Å². The molecule has 10 heteroatoms. The topological polar surface area (TPSA) is 169 Å². The molecule has 0 unspecified atom stereocenters. The van der Waals surface area contributed by atoms with E-state index in [0.29, 0.717) is 12.8 Å². The average molecular weight is 632 g/mol. The van der Waals surface area contributed by atoms with E-state index in [9.17, 15) is 35.4 Å². The van der Waals surface area contributed by atoms with E-state index in [-0.39, 0.29) is 37.7 Å². The number of hydrogen-bond donors (Lipinski definition) is 6.